The van der Waals surface area contributed by atoms with Gasteiger partial charge in [0.1, 0.15) is 0 Å². The fraction of sp³-hybridized carbons (Fsp3) is 0.786. The van der Waals surface area contributed by atoms with Gasteiger partial charge in [-0.15, -0.1) is 0 Å². The summed E-state index contributed by atoms with van der Waals surface area (Å²) in [4.78, 5) is 0. The highest BCUT2D eigenvalue weighted by atomic mass is 16.5. The third-order valence-electron chi connectivity index (χ3n) is 3.82. The first-order chi connectivity index (χ1) is 8.74. The molecular formula is C14H25N3O. The van der Waals surface area contributed by atoms with Crippen LogP contribution in [0.2, 0.25) is 0 Å². The van der Waals surface area contributed by atoms with Crippen molar-refractivity contribution in [1.29, 1.82) is 0 Å². The Balaban J connectivity index is 1.82. The highest BCUT2D eigenvalue weighted by molar-refractivity contribution is 5.02. The van der Waals surface area contributed by atoms with Crippen LogP contribution in [0.3, 0.4) is 0 Å². The van der Waals surface area contributed by atoms with E-state index in [1.807, 2.05) is 13.0 Å². The molecule has 0 bridgehead atoms. The number of nitrogens with one attached hydrogen (secondary N) is 2. The van der Waals surface area contributed by atoms with Gasteiger partial charge in [-0.2, -0.15) is 0 Å². The van der Waals surface area contributed by atoms with Gasteiger partial charge in [-0.3, -0.25) is 0 Å². The molecule has 1 atom stereocenters. The minimum atomic E-state index is 0.433. The van der Waals surface area contributed by atoms with Crippen molar-refractivity contribution in [1.82, 2.24) is 15.8 Å². The summed E-state index contributed by atoms with van der Waals surface area (Å²) in [5.74, 6) is 0.933. The zero-order chi connectivity index (χ0) is 12.8. The fourth-order valence-corrected chi connectivity index (χ4v) is 2.96. The van der Waals surface area contributed by atoms with E-state index in [2.05, 4.69) is 22.7 Å². The molecule has 102 valence electrons. The number of aromatic nitrogens is 1. The Morgan fingerprint density at radius 2 is 2.44 bits per heavy atom. The molecule has 2 heterocycles. The Morgan fingerprint density at radius 1 is 1.56 bits per heavy atom. The molecule has 4 heteroatoms. The summed E-state index contributed by atoms with van der Waals surface area (Å²) in [6.45, 7) is 8.39. The van der Waals surface area contributed by atoms with Crippen LogP contribution in [0.4, 0.5) is 0 Å². The number of hydrogen-bond donors (Lipinski definition) is 2. The van der Waals surface area contributed by atoms with Gasteiger partial charge < -0.3 is 15.2 Å². The Morgan fingerprint density at radius 3 is 3.06 bits per heavy atom. The van der Waals surface area contributed by atoms with E-state index in [1.54, 1.807) is 0 Å². The maximum absolute atomic E-state index is 5.22. The first kappa shape index (κ1) is 13.6. The van der Waals surface area contributed by atoms with Gasteiger partial charge in [0, 0.05) is 19.2 Å². The fourth-order valence-electron chi connectivity index (χ4n) is 2.96. The number of hydrogen-bond acceptors (Lipinski definition) is 4. The second-order valence-corrected chi connectivity index (χ2v) is 5.57. The average molecular weight is 251 g/mol. The van der Waals surface area contributed by atoms with Crippen LogP contribution in [0.5, 0.6) is 0 Å². The van der Waals surface area contributed by atoms with E-state index in [9.17, 15) is 0 Å². The van der Waals surface area contributed by atoms with Crippen LogP contribution in [0.1, 0.15) is 44.1 Å². The van der Waals surface area contributed by atoms with E-state index < -0.39 is 0 Å². The van der Waals surface area contributed by atoms with Crippen LogP contribution in [0.15, 0.2) is 10.6 Å². The predicted octanol–water partition coefficient (Wildman–Crippen LogP) is 2.24. The molecule has 1 aromatic rings. The molecule has 0 spiro atoms. The minimum Gasteiger partial charge on any atom is -0.360 e. The van der Waals surface area contributed by atoms with Gasteiger partial charge in [-0.05, 0) is 38.1 Å². The maximum Gasteiger partial charge on any atom is 0.150 e. The number of aryl methyl sites for hydroxylation is 1. The van der Waals surface area contributed by atoms with Gasteiger partial charge in [0.15, 0.2) is 5.76 Å². The van der Waals surface area contributed by atoms with Crippen molar-refractivity contribution < 1.29 is 4.52 Å². The van der Waals surface area contributed by atoms with Crippen molar-refractivity contribution in [2.75, 3.05) is 19.6 Å². The normalized spacial score (nSPS) is 24.3. The van der Waals surface area contributed by atoms with Crippen LogP contribution in [0.25, 0.3) is 0 Å². The Bertz CT molecular complexity index is 350. The molecule has 1 aliphatic heterocycles. The van der Waals surface area contributed by atoms with E-state index >= 15 is 0 Å². The second-order valence-electron chi connectivity index (χ2n) is 5.57. The van der Waals surface area contributed by atoms with Crippen LogP contribution in [-0.4, -0.2) is 24.8 Å². The van der Waals surface area contributed by atoms with Crippen molar-refractivity contribution in [3.05, 3.63) is 17.5 Å². The molecule has 0 saturated carbocycles. The van der Waals surface area contributed by atoms with Gasteiger partial charge in [0.25, 0.3) is 0 Å². The standard InChI is InChI=1S/C14H25N3O/c1-3-5-14(6-4-7-15-10-14)11-16-9-13-8-12(2)17-18-13/h8,15-16H,3-7,9-11H2,1-2H3. The molecule has 0 radical (unpaired) electrons. The molecule has 2 rings (SSSR count). The minimum absolute atomic E-state index is 0.433. The van der Waals surface area contributed by atoms with Gasteiger partial charge >= 0.3 is 0 Å². The molecule has 1 aliphatic rings. The first-order valence-electron chi connectivity index (χ1n) is 7.08. The van der Waals surface area contributed by atoms with E-state index in [-0.39, 0.29) is 0 Å². The second kappa shape index (κ2) is 6.34. The zero-order valence-corrected chi connectivity index (χ0v) is 11.6. The molecule has 2 N–H and O–H groups in total. The monoisotopic (exact) mass is 251 g/mol. The van der Waals surface area contributed by atoms with Crippen molar-refractivity contribution in [3.8, 4) is 0 Å². The SMILES string of the molecule is CCCC1(CNCc2cc(C)no2)CCCNC1. The average Bonchev–Trinajstić information content (AvgIpc) is 2.77. The Labute approximate surface area is 110 Å². The summed E-state index contributed by atoms with van der Waals surface area (Å²) in [6, 6.07) is 2.00. The van der Waals surface area contributed by atoms with E-state index in [1.165, 1.54) is 32.2 Å². The predicted molar refractivity (Wildman–Crippen MR) is 72.4 cm³/mol. The molecule has 0 amide bonds. The summed E-state index contributed by atoms with van der Waals surface area (Å²) in [5.41, 5.74) is 1.39. The van der Waals surface area contributed by atoms with Gasteiger partial charge in [-0.25, -0.2) is 0 Å². The third kappa shape index (κ3) is 3.56. The highest BCUT2D eigenvalue weighted by Crippen LogP contribution is 2.30. The third-order valence-corrected chi connectivity index (χ3v) is 3.82. The summed E-state index contributed by atoms with van der Waals surface area (Å²) in [7, 11) is 0. The molecule has 1 fully saturated rings. The van der Waals surface area contributed by atoms with Gasteiger partial charge in [0.05, 0.1) is 12.2 Å². The smallest absolute Gasteiger partial charge is 0.150 e. The summed E-state index contributed by atoms with van der Waals surface area (Å²) in [6.07, 6.45) is 5.17. The number of piperidine rings is 1. The molecule has 0 aromatic carbocycles. The van der Waals surface area contributed by atoms with Crippen LogP contribution < -0.4 is 10.6 Å². The maximum atomic E-state index is 5.22. The largest absolute Gasteiger partial charge is 0.360 e. The van der Waals surface area contributed by atoms with Crippen molar-refractivity contribution in [3.63, 3.8) is 0 Å². The Hall–Kier alpha value is -0.870. The summed E-state index contributed by atoms with van der Waals surface area (Å²) < 4.78 is 5.22. The molecule has 0 aliphatic carbocycles. The summed E-state index contributed by atoms with van der Waals surface area (Å²) in [5, 5.41) is 11.0. The van der Waals surface area contributed by atoms with Gasteiger partial charge in [-0.1, -0.05) is 18.5 Å². The number of nitrogens with zero attached hydrogens (tertiary/aromatic N) is 1. The zero-order valence-electron chi connectivity index (χ0n) is 11.6. The first-order valence-corrected chi connectivity index (χ1v) is 7.08. The van der Waals surface area contributed by atoms with Crippen LogP contribution in [-0.2, 0) is 6.54 Å². The Kier molecular flexibility index (Phi) is 4.78. The molecule has 1 aromatic heterocycles. The van der Waals surface area contributed by atoms with Crippen molar-refractivity contribution in [2.45, 2.75) is 46.1 Å². The highest BCUT2D eigenvalue weighted by Gasteiger charge is 2.30. The van der Waals surface area contributed by atoms with Crippen molar-refractivity contribution in [2.24, 2.45) is 5.41 Å². The van der Waals surface area contributed by atoms with E-state index in [4.69, 9.17) is 4.52 Å². The molecule has 18 heavy (non-hydrogen) atoms. The molecule has 1 unspecified atom stereocenters. The van der Waals surface area contributed by atoms with E-state index in [0.29, 0.717) is 5.41 Å². The quantitative estimate of drug-likeness (QED) is 0.814. The van der Waals surface area contributed by atoms with Gasteiger partial charge in [0.2, 0.25) is 0 Å². The lowest BCUT2D eigenvalue weighted by Gasteiger charge is -2.38. The topological polar surface area (TPSA) is 50.1 Å². The lowest BCUT2D eigenvalue weighted by molar-refractivity contribution is 0.180. The molecule has 1 saturated heterocycles. The summed E-state index contributed by atoms with van der Waals surface area (Å²) >= 11 is 0. The lowest BCUT2D eigenvalue weighted by atomic mass is 9.77. The van der Waals surface area contributed by atoms with Crippen LogP contribution in [0, 0.1) is 12.3 Å². The van der Waals surface area contributed by atoms with Crippen LogP contribution >= 0.6 is 0 Å². The molecule has 4 nitrogen and oxygen atoms in total. The molecular weight excluding hydrogens is 226 g/mol. The van der Waals surface area contributed by atoms with Crippen molar-refractivity contribution >= 4 is 0 Å². The lowest BCUT2D eigenvalue weighted by Crippen LogP contribution is -2.46. The number of rotatable bonds is 6. The van der Waals surface area contributed by atoms with E-state index in [0.717, 1.165) is 31.1 Å².